The maximum atomic E-state index is 11.4. The van der Waals surface area contributed by atoms with Crippen molar-refractivity contribution < 1.29 is 4.79 Å². The number of hydrogen-bond donors (Lipinski definition) is 1. The van der Waals surface area contributed by atoms with Crippen molar-refractivity contribution in [2.24, 2.45) is 5.92 Å². The van der Waals surface area contributed by atoms with E-state index in [4.69, 9.17) is 0 Å². The lowest BCUT2D eigenvalue weighted by atomic mass is 10.1. The highest BCUT2D eigenvalue weighted by molar-refractivity contribution is 7.99. The van der Waals surface area contributed by atoms with Crippen LogP contribution in [0, 0.1) is 12.8 Å². The van der Waals surface area contributed by atoms with Gasteiger partial charge < -0.3 is 5.32 Å². The minimum absolute atomic E-state index is 0.157. The second-order valence-corrected chi connectivity index (χ2v) is 5.78. The third-order valence-corrected chi connectivity index (χ3v) is 3.32. The maximum absolute atomic E-state index is 11.4. The first kappa shape index (κ1) is 14.1. The number of carbonyl (C=O) groups is 1. The molecule has 1 N–H and O–H groups in total. The molecule has 0 unspecified atom stereocenters. The molecule has 3 heteroatoms. The molecule has 0 bridgehead atoms. The summed E-state index contributed by atoms with van der Waals surface area (Å²) < 4.78 is 0. The third-order valence-electron chi connectivity index (χ3n) is 2.31. The predicted octanol–water partition coefficient (Wildman–Crippen LogP) is 3.25. The summed E-state index contributed by atoms with van der Waals surface area (Å²) in [4.78, 5) is 12.6. The van der Waals surface area contributed by atoms with Gasteiger partial charge in [-0.1, -0.05) is 31.5 Å². The molecule has 17 heavy (non-hydrogen) atoms. The standard InChI is InChI=1S/C14H21NOS/c1-11(2)10-14(16)15-8-9-17-13-6-4-12(3)5-7-13/h4-7,11H,8-10H2,1-3H3,(H,15,16). The molecule has 2 nitrogen and oxygen atoms in total. The fraction of sp³-hybridized carbons (Fsp3) is 0.500. The molecule has 0 radical (unpaired) electrons. The first-order valence-corrected chi connectivity index (χ1v) is 7.02. The van der Waals surface area contributed by atoms with Gasteiger partial charge in [0.05, 0.1) is 0 Å². The quantitative estimate of drug-likeness (QED) is 0.621. The molecule has 0 aliphatic rings. The fourth-order valence-corrected chi connectivity index (χ4v) is 2.21. The third kappa shape index (κ3) is 6.37. The Hall–Kier alpha value is -0.960. The highest BCUT2D eigenvalue weighted by Gasteiger charge is 2.03. The van der Waals surface area contributed by atoms with E-state index >= 15 is 0 Å². The van der Waals surface area contributed by atoms with Crippen molar-refractivity contribution in [3.63, 3.8) is 0 Å². The Balaban J connectivity index is 2.16. The number of amides is 1. The molecule has 0 aromatic heterocycles. The minimum atomic E-state index is 0.157. The van der Waals surface area contributed by atoms with E-state index in [2.05, 4.69) is 50.4 Å². The average molecular weight is 251 g/mol. The molecular weight excluding hydrogens is 230 g/mol. The smallest absolute Gasteiger partial charge is 0.220 e. The molecule has 0 atom stereocenters. The van der Waals surface area contributed by atoms with Gasteiger partial charge in [-0.3, -0.25) is 4.79 Å². The first-order chi connectivity index (χ1) is 8.08. The van der Waals surface area contributed by atoms with Gasteiger partial charge in [0.2, 0.25) is 5.91 Å². The van der Waals surface area contributed by atoms with Crippen molar-refractivity contribution in [3.8, 4) is 0 Å². The molecular formula is C14H21NOS. The molecule has 94 valence electrons. The van der Waals surface area contributed by atoms with Crippen LogP contribution < -0.4 is 5.32 Å². The largest absolute Gasteiger partial charge is 0.355 e. The monoisotopic (exact) mass is 251 g/mol. The van der Waals surface area contributed by atoms with E-state index in [0.29, 0.717) is 12.3 Å². The van der Waals surface area contributed by atoms with Crippen LogP contribution in [-0.4, -0.2) is 18.2 Å². The zero-order chi connectivity index (χ0) is 12.7. The van der Waals surface area contributed by atoms with E-state index in [1.165, 1.54) is 10.5 Å². The van der Waals surface area contributed by atoms with Crippen LogP contribution in [0.5, 0.6) is 0 Å². The molecule has 1 rings (SSSR count). The molecule has 0 fully saturated rings. The predicted molar refractivity (Wildman–Crippen MR) is 74.4 cm³/mol. The Morgan fingerprint density at radius 1 is 1.29 bits per heavy atom. The van der Waals surface area contributed by atoms with Crippen molar-refractivity contribution in [1.29, 1.82) is 0 Å². The van der Waals surface area contributed by atoms with E-state index in [1.54, 1.807) is 11.8 Å². The van der Waals surface area contributed by atoms with Crippen molar-refractivity contribution in [2.75, 3.05) is 12.3 Å². The number of benzene rings is 1. The summed E-state index contributed by atoms with van der Waals surface area (Å²) >= 11 is 1.78. The van der Waals surface area contributed by atoms with Gasteiger partial charge in [-0.05, 0) is 25.0 Å². The van der Waals surface area contributed by atoms with Gasteiger partial charge in [0, 0.05) is 23.6 Å². The lowest BCUT2D eigenvalue weighted by molar-refractivity contribution is -0.121. The SMILES string of the molecule is Cc1ccc(SCCNC(=O)CC(C)C)cc1. The zero-order valence-corrected chi connectivity index (χ0v) is 11.6. The molecule has 1 amide bonds. The fourth-order valence-electron chi connectivity index (χ4n) is 1.44. The van der Waals surface area contributed by atoms with Crippen LogP contribution in [0.25, 0.3) is 0 Å². The summed E-state index contributed by atoms with van der Waals surface area (Å²) in [6.07, 6.45) is 0.620. The summed E-state index contributed by atoms with van der Waals surface area (Å²) in [7, 11) is 0. The summed E-state index contributed by atoms with van der Waals surface area (Å²) in [5.41, 5.74) is 1.28. The maximum Gasteiger partial charge on any atom is 0.220 e. The van der Waals surface area contributed by atoms with Gasteiger partial charge in [0.15, 0.2) is 0 Å². The highest BCUT2D eigenvalue weighted by atomic mass is 32.2. The van der Waals surface area contributed by atoms with Crippen LogP contribution in [0.2, 0.25) is 0 Å². The Labute approximate surface area is 108 Å². The van der Waals surface area contributed by atoms with Crippen molar-refractivity contribution in [1.82, 2.24) is 5.32 Å². The van der Waals surface area contributed by atoms with Crippen LogP contribution in [0.1, 0.15) is 25.8 Å². The van der Waals surface area contributed by atoms with E-state index in [-0.39, 0.29) is 5.91 Å². The number of aryl methyl sites for hydroxylation is 1. The average Bonchev–Trinajstić information content (AvgIpc) is 2.26. The van der Waals surface area contributed by atoms with Crippen molar-refractivity contribution in [2.45, 2.75) is 32.1 Å². The molecule has 0 saturated carbocycles. The van der Waals surface area contributed by atoms with Gasteiger partial charge >= 0.3 is 0 Å². The topological polar surface area (TPSA) is 29.1 Å². The van der Waals surface area contributed by atoms with Crippen LogP contribution in [0.15, 0.2) is 29.2 Å². The second-order valence-electron chi connectivity index (χ2n) is 4.61. The van der Waals surface area contributed by atoms with E-state index < -0.39 is 0 Å². The number of nitrogens with one attached hydrogen (secondary N) is 1. The van der Waals surface area contributed by atoms with Crippen molar-refractivity contribution >= 4 is 17.7 Å². The van der Waals surface area contributed by atoms with E-state index in [0.717, 1.165) is 12.3 Å². The molecule has 0 aliphatic heterocycles. The Bertz CT molecular complexity index is 346. The number of hydrogen-bond acceptors (Lipinski definition) is 2. The summed E-state index contributed by atoms with van der Waals surface area (Å²) in [6, 6.07) is 8.46. The first-order valence-electron chi connectivity index (χ1n) is 6.04. The molecule has 0 aliphatic carbocycles. The highest BCUT2D eigenvalue weighted by Crippen LogP contribution is 2.17. The van der Waals surface area contributed by atoms with Gasteiger partial charge in [-0.2, -0.15) is 0 Å². The number of carbonyl (C=O) groups excluding carboxylic acids is 1. The molecule has 0 spiro atoms. The zero-order valence-electron chi connectivity index (χ0n) is 10.8. The summed E-state index contributed by atoms with van der Waals surface area (Å²) in [5, 5.41) is 2.94. The van der Waals surface area contributed by atoms with Crippen LogP contribution in [-0.2, 0) is 4.79 Å². The molecule has 0 heterocycles. The van der Waals surface area contributed by atoms with Crippen molar-refractivity contribution in [3.05, 3.63) is 29.8 Å². The summed E-state index contributed by atoms with van der Waals surface area (Å²) in [5.74, 6) is 1.51. The van der Waals surface area contributed by atoms with E-state index in [9.17, 15) is 4.79 Å². The Morgan fingerprint density at radius 3 is 2.53 bits per heavy atom. The molecule has 1 aromatic rings. The van der Waals surface area contributed by atoms with Gasteiger partial charge in [0.1, 0.15) is 0 Å². The minimum Gasteiger partial charge on any atom is -0.355 e. The van der Waals surface area contributed by atoms with Gasteiger partial charge in [0.25, 0.3) is 0 Å². The van der Waals surface area contributed by atoms with Crippen LogP contribution >= 0.6 is 11.8 Å². The lowest BCUT2D eigenvalue weighted by Crippen LogP contribution is -2.26. The lowest BCUT2D eigenvalue weighted by Gasteiger charge is -2.07. The van der Waals surface area contributed by atoms with Gasteiger partial charge in [-0.25, -0.2) is 0 Å². The Kier molecular flexibility index (Phi) is 6.12. The number of thioether (sulfide) groups is 1. The number of rotatable bonds is 6. The summed E-state index contributed by atoms with van der Waals surface area (Å²) in [6.45, 7) is 6.94. The Morgan fingerprint density at radius 2 is 1.94 bits per heavy atom. The van der Waals surface area contributed by atoms with Crippen LogP contribution in [0.3, 0.4) is 0 Å². The van der Waals surface area contributed by atoms with Gasteiger partial charge in [-0.15, -0.1) is 11.8 Å². The molecule has 1 aromatic carbocycles. The second kappa shape index (κ2) is 7.38. The molecule has 0 saturated heterocycles. The van der Waals surface area contributed by atoms with E-state index in [1.807, 2.05) is 0 Å². The normalized spacial score (nSPS) is 10.6. The van der Waals surface area contributed by atoms with Crippen LogP contribution in [0.4, 0.5) is 0 Å².